The fourth-order valence-corrected chi connectivity index (χ4v) is 5.02. The molecule has 0 aromatic rings. The lowest BCUT2D eigenvalue weighted by molar-refractivity contribution is -0.0435. The minimum atomic E-state index is -5.52. The number of nitrogens with two attached hydrogens (primary N) is 1. The highest BCUT2D eigenvalue weighted by molar-refractivity contribution is 7.66. The van der Waals surface area contributed by atoms with Crippen LogP contribution in [0.25, 0.3) is 0 Å². The van der Waals surface area contributed by atoms with Crippen LogP contribution in [-0.2, 0) is 40.8 Å². The molecule has 14 nitrogen and oxygen atoms in total. The van der Waals surface area contributed by atoms with E-state index in [1.165, 1.54) is 0 Å². The Morgan fingerprint density at radius 3 is 2.27 bits per heavy atom. The van der Waals surface area contributed by atoms with Crippen molar-refractivity contribution in [3.8, 4) is 12.3 Å². The van der Waals surface area contributed by atoms with Crippen molar-refractivity contribution in [2.45, 2.75) is 24.5 Å². The van der Waals surface area contributed by atoms with Gasteiger partial charge in [0.05, 0.1) is 6.61 Å². The maximum Gasteiger partial charge on any atom is 0.490 e. The molecule has 0 aromatic heterocycles. The second-order valence-corrected chi connectivity index (χ2v) is 9.40. The van der Waals surface area contributed by atoms with E-state index in [2.05, 4.69) is 23.6 Å². The van der Waals surface area contributed by atoms with E-state index in [4.69, 9.17) is 26.5 Å². The SMILES string of the molecule is C#CCOC1C(O)[C@H](N)O[C@@H]1COP(=O)(O)OP(=O)(O)OP(=O)(O)OC. The standard InChI is InChI=1S/C9H18NO13P3/c1-3-4-19-8-6(21-9(10)7(8)11)5-20-25(14,15)23-26(16,17)22-24(12,13)18-2/h1,6-9,11H,4-5,10H2,2H3,(H,12,13)(H,14,15)(H,16,17)/t6-,7?,8?,9-/m1/s1. The van der Waals surface area contributed by atoms with Crippen LogP contribution in [0.2, 0.25) is 0 Å². The van der Waals surface area contributed by atoms with Gasteiger partial charge in [-0.1, -0.05) is 5.92 Å². The Balaban J connectivity index is 2.69. The number of aliphatic hydroxyl groups is 1. The van der Waals surface area contributed by atoms with Gasteiger partial charge in [0.2, 0.25) is 0 Å². The molecule has 1 rings (SSSR count). The first kappa shape index (κ1) is 23.8. The van der Waals surface area contributed by atoms with E-state index in [0.717, 1.165) is 0 Å². The van der Waals surface area contributed by atoms with E-state index < -0.39 is 54.6 Å². The molecular formula is C9H18NO13P3. The number of aliphatic hydroxyl groups excluding tert-OH is 1. The predicted octanol–water partition coefficient (Wildman–Crippen LogP) is -0.953. The minimum Gasteiger partial charge on any atom is -0.386 e. The third kappa shape index (κ3) is 7.44. The molecule has 1 aliphatic heterocycles. The van der Waals surface area contributed by atoms with Gasteiger partial charge in [-0.3, -0.25) is 9.05 Å². The van der Waals surface area contributed by atoms with Crippen molar-refractivity contribution < 1.29 is 60.6 Å². The molecule has 0 spiro atoms. The fourth-order valence-electron chi connectivity index (χ4n) is 1.75. The topological polar surface area (TPSA) is 214 Å². The van der Waals surface area contributed by atoms with E-state index >= 15 is 0 Å². The highest BCUT2D eigenvalue weighted by atomic mass is 31.3. The summed E-state index contributed by atoms with van der Waals surface area (Å²) in [6.45, 7) is -1.01. The minimum absolute atomic E-state index is 0.232. The van der Waals surface area contributed by atoms with E-state index in [0.29, 0.717) is 7.11 Å². The molecule has 0 radical (unpaired) electrons. The number of ether oxygens (including phenoxy) is 2. The van der Waals surface area contributed by atoms with Crippen LogP contribution in [0, 0.1) is 12.3 Å². The summed E-state index contributed by atoms with van der Waals surface area (Å²) in [6.07, 6.45) is 0.177. The normalized spacial score (nSPS) is 33.0. The smallest absolute Gasteiger partial charge is 0.386 e. The summed E-state index contributed by atoms with van der Waals surface area (Å²) >= 11 is 0. The Morgan fingerprint density at radius 2 is 1.73 bits per heavy atom. The van der Waals surface area contributed by atoms with Crippen LogP contribution in [0.15, 0.2) is 0 Å². The first-order valence-corrected chi connectivity index (χ1v) is 11.1. The molecule has 0 aliphatic carbocycles. The Bertz CT molecular complexity index is 664. The van der Waals surface area contributed by atoms with Gasteiger partial charge in [0.25, 0.3) is 0 Å². The number of hydrogen-bond donors (Lipinski definition) is 5. The average molecular weight is 441 g/mol. The molecule has 17 heteroatoms. The third-order valence-corrected chi connectivity index (χ3v) is 7.01. The van der Waals surface area contributed by atoms with Gasteiger partial charge < -0.3 is 35.0 Å². The van der Waals surface area contributed by atoms with E-state index in [1.807, 2.05) is 0 Å². The Kier molecular flexibility index (Phi) is 8.57. The van der Waals surface area contributed by atoms with E-state index in [-0.39, 0.29) is 6.61 Å². The van der Waals surface area contributed by atoms with Crippen molar-refractivity contribution in [2.75, 3.05) is 20.3 Å². The van der Waals surface area contributed by atoms with Gasteiger partial charge in [-0.15, -0.1) is 6.42 Å². The predicted molar refractivity (Wildman–Crippen MR) is 82.0 cm³/mol. The second-order valence-electron chi connectivity index (χ2n) is 4.66. The molecule has 0 bridgehead atoms. The van der Waals surface area contributed by atoms with Crippen LogP contribution in [-0.4, -0.2) is 64.7 Å². The Labute approximate surface area is 147 Å². The molecule has 1 heterocycles. The summed E-state index contributed by atoms with van der Waals surface area (Å²) in [5, 5.41) is 9.79. The molecular weight excluding hydrogens is 423 g/mol. The molecule has 5 unspecified atom stereocenters. The van der Waals surface area contributed by atoms with Gasteiger partial charge >= 0.3 is 23.5 Å². The van der Waals surface area contributed by atoms with Gasteiger partial charge in [0.15, 0.2) is 0 Å². The Morgan fingerprint density at radius 1 is 1.15 bits per heavy atom. The van der Waals surface area contributed by atoms with E-state index in [1.54, 1.807) is 0 Å². The maximum atomic E-state index is 11.7. The molecule has 26 heavy (non-hydrogen) atoms. The van der Waals surface area contributed by atoms with Crippen LogP contribution < -0.4 is 5.73 Å². The molecule has 0 amide bonds. The highest BCUT2D eigenvalue weighted by Gasteiger charge is 2.46. The molecule has 1 aliphatic rings. The van der Waals surface area contributed by atoms with Crippen molar-refractivity contribution >= 4 is 23.5 Å². The van der Waals surface area contributed by atoms with Crippen molar-refractivity contribution in [3.05, 3.63) is 0 Å². The van der Waals surface area contributed by atoms with Crippen LogP contribution in [0.3, 0.4) is 0 Å². The van der Waals surface area contributed by atoms with Gasteiger partial charge in [-0.2, -0.15) is 8.62 Å². The zero-order chi connectivity index (χ0) is 20.2. The summed E-state index contributed by atoms with van der Waals surface area (Å²) < 4.78 is 60.3. The van der Waals surface area contributed by atoms with Crippen LogP contribution in [0.1, 0.15) is 0 Å². The summed E-state index contributed by atoms with van der Waals surface area (Å²) in [4.78, 5) is 27.6. The van der Waals surface area contributed by atoms with Crippen molar-refractivity contribution in [2.24, 2.45) is 5.73 Å². The van der Waals surface area contributed by atoms with Crippen LogP contribution in [0.5, 0.6) is 0 Å². The molecule has 6 N–H and O–H groups in total. The van der Waals surface area contributed by atoms with Crippen molar-refractivity contribution in [3.63, 3.8) is 0 Å². The van der Waals surface area contributed by atoms with Crippen LogP contribution >= 0.6 is 23.5 Å². The number of phosphoric acid groups is 3. The van der Waals surface area contributed by atoms with Gasteiger partial charge in [0, 0.05) is 7.11 Å². The number of phosphoric ester groups is 2. The summed E-state index contributed by atoms with van der Waals surface area (Å²) in [5.41, 5.74) is 5.46. The number of hydrogen-bond acceptors (Lipinski definition) is 11. The number of rotatable bonds is 10. The first-order chi connectivity index (χ1) is 11.8. The number of terminal acetylenes is 1. The van der Waals surface area contributed by atoms with Gasteiger partial charge in [0.1, 0.15) is 31.1 Å². The summed E-state index contributed by atoms with van der Waals surface area (Å²) in [6, 6.07) is 0. The lowest BCUT2D eigenvalue weighted by atomic mass is 10.1. The molecule has 7 atom stereocenters. The van der Waals surface area contributed by atoms with Crippen LogP contribution in [0.4, 0.5) is 0 Å². The summed E-state index contributed by atoms with van der Waals surface area (Å²) in [5.74, 6) is 2.13. The van der Waals surface area contributed by atoms with Crippen molar-refractivity contribution in [1.29, 1.82) is 0 Å². The second kappa shape index (κ2) is 9.34. The van der Waals surface area contributed by atoms with Gasteiger partial charge in [-0.25, -0.2) is 13.7 Å². The lowest BCUT2D eigenvalue weighted by Crippen LogP contribution is -2.39. The molecule has 0 saturated carbocycles. The third-order valence-electron chi connectivity index (χ3n) is 2.78. The highest BCUT2D eigenvalue weighted by Crippen LogP contribution is 2.67. The molecule has 152 valence electrons. The monoisotopic (exact) mass is 441 g/mol. The van der Waals surface area contributed by atoms with Gasteiger partial charge in [-0.05, 0) is 0 Å². The molecule has 0 aromatic carbocycles. The molecule has 1 saturated heterocycles. The fraction of sp³-hybridized carbons (Fsp3) is 0.778. The zero-order valence-electron chi connectivity index (χ0n) is 13.2. The summed E-state index contributed by atoms with van der Waals surface area (Å²) in [7, 11) is -15.1. The zero-order valence-corrected chi connectivity index (χ0v) is 15.9. The average Bonchev–Trinajstić information content (AvgIpc) is 2.76. The van der Waals surface area contributed by atoms with Crippen molar-refractivity contribution in [1.82, 2.24) is 0 Å². The molecule has 1 fully saturated rings. The maximum absolute atomic E-state index is 11.7. The first-order valence-electron chi connectivity index (χ1n) is 6.58. The quantitative estimate of drug-likeness (QED) is 0.204. The van der Waals surface area contributed by atoms with E-state index in [9.17, 15) is 28.6 Å². The largest absolute Gasteiger partial charge is 0.490 e. The Hall–Kier alpha value is -0.190. The lowest BCUT2D eigenvalue weighted by Gasteiger charge is -2.21.